The molecule has 0 aromatic heterocycles. The van der Waals surface area contributed by atoms with E-state index in [-0.39, 0.29) is 17.8 Å². The number of benzene rings is 2. The predicted molar refractivity (Wildman–Crippen MR) is 128 cm³/mol. The number of fused-ring (bicyclic) bond motifs is 1. The maximum atomic E-state index is 14.3. The molecule has 192 valence electrons. The first-order valence-corrected chi connectivity index (χ1v) is 11.7. The van der Waals surface area contributed by atoms with Crippen molar-refractivity contribution in [2.45, 2.75) is 18.6 Å². The van der Waals surface area contributed by atoms with Gasteiger partial charge in [-0.05, 0) is 36.4 Å². The number of halogens is 4. The second-order valence-electron chi connectivity index (χ2n) is 8.78. The van der Waals surface area contributed by atoms with Crippen LogP contribution in [0.25, 0.3) is 0 Å². The Morgan fingerprint density at radius 1 is 1.11 bits per heavy atom. The molecule has 2 aromatic rings. The van der Waals surface area contributed by atoms with E-state index in [0.29, 0.717) is 24.2 Å². The van der Waals surface area contributed by atoms with Crippen LogP contribution in [-0.2, 0) is 21.3 Å². The second-order valence-corrected chi connectivity index (χ2v) is 9.21. The number of carbonyl (C=O) groups excluding carboxylic acids is 3. The first-order chi connectivity index (χ1) is 17.0. The van der Waals surface area contributed by atoms with Crippen LogP contribution in [0.4, 0.5) is 18.9 Å². The molecule has 0 saturated carbocycles. The fourth-order valence-electron chi connectivity index (χ4n) is 4.72. The molecule has 0 aliphatic carbocycles. The largest absolute Gasteiger partial charge is 0.416 e. The van der Waals surface area contributed by atoms with E-state index in [1.54, 1.807) is 0 Å². The smallest absolute Gasteiger partial charge is 0.366 e. The summed E-state index contributed by atoms with van der Waals surface area (Å²) in [6.45, 7) is 5.53. The molecule has 1 fully saturated rings. The molecule has 2 aliphatic heterocycles. The molecule has 1 atom stereocenters. The summed E-state index contributed by atoms with van der Waals surface area (Å²) >= 11 is 5.99. The van der Waals surface area contributed by atoms with Crippen molar-refractivity contribution in [1.29, 1.82) is 0 Å². The summed E-state index contributed by atoms with van der Waals surface area (Å²) in [4.78, 5) is 42.5. The predicted octanol–water partition coefficient (Wildman–Crippen LogP) is 2.41. The monoisotopic (exact) mass is 523 g/mol. The highest BCUT2D eigenvalue weighted by atomic mass is 35.5. The zero-order valence-electron chi connectivity index (χ0n) is 19.4. The number of nitrogens with zero attached hydrogens (tertiary/aromatic N) is 2. The van der Waals surface area contributed by atoms with Crippen molar-refractivity contribution in [2.75, 3.05) is 44.6 Å². The lowest BCUT2D eigenvalue weighted by Gasteiger charge is -2.35. The van der Waals surface area contributed by atoms with Crippen LogP contribution in [0.2, 0.25) is 5.02 Å². The van der Waals surface area contributed by atoms with Crippen LogP contribution in [0.1, 0.15) is 34.0 Å². The number of anilines is 1. The summed E-state index contributed by atoms with van der Waals surface area (Å²) in [7, 11) is 0. The minimum atomic E-state index is -4.96. The van der Waals surface area contributed by atoms with Crippen molar-refractivity contribution in [2.24, 2.45) is 5.73 Å². The van der Waals surface area contributed by atoms with E-state index in [2.05, 4.69) is 15.5 Å². The minimum absolute atomic E-state index is 0.0876. The Labute approximate surface area is 210 Å². The number of rotatable bonds is 6. The van der Waals surface area contributed by atoms with Crippen molar-refractivity contribution in [3.05, 3.63) is 63.7 Å². The molecule has 0 radical (unpaired) electrons. The van der Waals surface area contributed by atoms with E-state index in [9.17, 15) is 27.6 Å². The Hall–Kier alpha value is -3.15. The maximum Gasteiger partial charge on any atom is 0.416 e. The molecule has 12 heteroatoms. The van der Waals surface area contributed by atoms with E-state index >= 15 is 0 Å². The topological polar surface area (TPSA) is 108 Å². The number of likely N-dealkylation sites (N-methyl/N-ethyl adjacent to an activating group) is 1. The molecule has 4 N–H and O–H groups in total. The van der Waals surface area contributed by atoms with Gasteiger partial charge in [0.15, 0.2) is 5.54 Å². The molecule has 4 rings (SSSR count). The van der Waals surface area contributed by atoms with Crippen LogP contribution in [0.15, 0.2) is 36.4 Å². The van der Waals surface area contributed by atoms with E-state index in [1.807, 2.05) is 11.8 Å². The standard InChI is InChI=1S/C24H25ClF3N5O3/c1-2-32-7-9-33(10-8-32)13-19(34)31-23(15-3-5-16(25)6-4-15)20-17(24(26,27)28)11-14(21(29)35)12-18(20)30-22(23)36/h3-6,11-12H,2,7-10,13H2,1H3,(H2,29,35)(H,30,36)(H,31,34). The van der Waals surface area contributed by atoms with Gasteiger partial charge in [0.2, 0.25) is 11.8 Å². The van der Waals surface area contributed by atoms with E-state index in [0.717, 1.165) is 25.7 Å². The van der Waals surface area contributed by atoms with Gasteiger partial charge in [-0.2, -0.15) is 13.2 Å². The molecule has 2 heterocycles. The van der Waals surface area contributed by atoms with Crippen molar-refractivity contribution < 1.29 is 27.6 Å². The third-order valence-electron chi connectivity index (χ3n) is 6.58. The highest BCUT2D eigenvalue weighted by Crippen LogP contribution is 2.48. The molecule has 2 aromatic carbocycles. The Kier molecular flexibility index (Phi) is 7.00. The van der Waals surface area contributed by atoms with Crippen molar-refractivity contribution in [1.82, 2.24) is 15.1 Å². The number of carbonyl (C=O) groups is 3. The number of hydrogen-bond donors (Lipinski definition) is 3. The third-order valence-corrected chi connectivity index (χ3v) is 6.83. The van der Waals surface area contributed by atoms with Gasteiger partial charge in [-0.25, -0.2) is 0 Å². The van der Waals surface area contributed by atoms with Gasteiger partial charge in [0.1, 0.15) is 0 Å². The Morgan fingerprint density at radius 2 is 1.72 bits per heavy atom. The average Bonchev–Trinajstić information content (AvgIpc) is 3.10. The molecule has 3 amide bonds. The van der Waals surface area contributed by atoms with Gasteiger partial charge in [-0.3, -0.25) is 19.3 Å². The molecule has 0 bridgehead atoms. The molecule has 8 nitrogen and oxygen atoms in total. The number of nitrogens with two attached hydrogens (primary N) is 1. The molecule has 2 aliphatic rings. The van der Waals surface area contributed by atoms with Gasteiger partial charge in [-0.1, -0.05) is 30.7 Å². The minimum Gasteiger partial charge on any atom is -0.366 e. The molecular weight excluding hydrogens is 499 g/mol. The van der Waals surface area contributed by atoms with Gasteiger partial charge < -0.3 is 21.3 Å². The van der Waals surface area contributed by atoms with E-state index < -0.39 is 46.1 Å². The fourth-order valence-corrected chi connectivity index (χ4v) is 4.85. The zero-order chi connectivity index (χ0) is 26.3. The van der Waals surface area contributed by atoms with Crippen LogP contribution in [0.5, 0.6) is 0 Å². The summed E-state index contributed by atoms with van der Waals surface area (Å²) in [6.07, 6.45) is -4.96. The quantitative estimate of drug-likeness (QED) is 0.539. The van der Waals surface area contributed by atoms with Crippen LogP contribution >= 0.6 is 11.6 Å². The SMILES string of the molecule is CCN1CCN(CC(=O)NC2(c3ccc(Cl)cc3)C(=O)Nc3cc(C(N)=O)cc(C(F)(F)F)c32)CC1. The molecular formula is C24H25ClF3N5O3. The lowest BCUT2D eigenvalue weighted by atomic mass is 9.80. The lowest BCUT2D eigenvalue weighted by molar-refractivity contribution is -0.140. The Bertz CT molecular complexity index is 1200. The van der Waals surface area contributed by atoms with Crippen molar-refractivity contribution >= 4 is 35.0 Å². The summed E-state index contributed by atoms with van der Waals surface area (Å²) in [6, 6.07) is 7.30. The maximum absolute atomic E-state index is 14.3. The van der Waals surface area contributed by atoms with Crippen molar-refractivity contribution in [3.8, 4) is 0 Å². The number of primary amides is 1. The number of nitrogens with one attached hydrogen (secondary N) is 2. The normalized spacial score (nSPS) is 20.6. The van der Waals surface area contributed by atoms with Crippen molar-refractivity contribution in [3.63, 3.8) is 0 Å². The number of alkyl halides is 3. The number of hydrogen-bond acceptors (Lipinski definition) is 5. The second kappa shape index (κ2) is 9.72. The van der Waals surface area contributed by atoms with Gasteiger partial charge in [-0.15, -0.1) is 0 Å². The van der Waals surface area contributed by atoms with Crippen LogP contribution in [0, 0.1) is 0 Å². The lowest BCUT2D eigenvalue weighted by Crippen LogP contribution is -2.56. The Morgan fingerprint density at radius 3 is 2.28 bits per heavy atom. The molecule has 1 saturated heterocycles. The summed E-state index contributed by atoms with van der Waals surface area (Å²) in [5.74, 6) is -2.60. The summed E-state index contributed by atoms with van der Waals surface area (Å²) < 4.78 is 42.8. The zero-order valence-corrected chi connectivity index (χ0v) is 20.2. The van der Waals surface area contributed by atoms with Gasteiger partial charge in [0.05, 0.1) is 12.1 Å². The Balaban J connectivity index is 1.81. The highest BCUT2D eigenvalue weighted by Gasteiger charge is 2.54. The first kappa shape index (κ1) is 25.9. The van der Waals surface area contributed by atoms with Crippen LogP contribution in [0.3, 0.4) is 0 Å². The summed E-state index contributed by atoms with van der Waals surface area (Å²) in [5, 5.41) is 5.32. The van der Waals surface area contributed by atoms with E-state index in [1.165, 1.54) is 24.3 Å². The van der Waals surface area contributed by atoms with Crippen LogP contribution < -0.4 is 16.4 Å². The number of piperazine rings is 1. The third kappa shape index (κ3) is 4.78. The molecule has 0 spiro atoms. The van der Waals surface area contributed by atoms with E-state index in [4.69, 9.17) is 17.3 Å². The first-order valence-electron chi connectivity index (χ1n) is 11.3. The molecule has 36 heavy (non-hydrogen) atoms. The fraction of sp³-hybridized carbons (Fsp3) is 0.375. The molecule has 1 unspecified atom stereocenters. The van der Waals surface area contributed by atoms with Gasteiger partial charge >= 0.3 is 6.18 Å². The van der Waals surface area contributed by atoms with Gasteiger partial charge in [0, 0.05) is 48.0 Å². The summed E-state index contributed by atoms with van der Waals surface area (Å²) in [5.41, 5.74) is 0.694. The number of amides is 3. The highest BCUT2D eigenvalue weighted by molar-refractivity contribution is 6.30. The van der Waals surface area contributed by atoms with Crippen LogP contribution in [-0.4, -0.2) is 66.8 Å². The van der Waals surface area contributed by atoms with Gasteiger partial charge in [0.25, 0.3) is 5.91 Å². The average molecular weight is 524 g/mol.